The average Bonchev–Trinajstić information content (AvgIpc) is 3.01. The lowest BCUT2D eigenvalue weighted by Gasteiger charge is -2.29. The summed E-state index contributed by atoms with van der Waals surface area (Å²) in [5.74, 6) is -1.45. The van der Waals surface area contributed by atoms with Gasteiger partial charge in [0.25, 0.3) is 5.91 Å². The van der Waals surface area contributed by atoms with Gasteiger partial charge in [0, 0.05) is 18.5 Å². The first kappa shape index (κ1) is 15.3. The molecule has 1 aromatic heterocycles. The topological polar surface area (TPSA) is 82.6 Å². The number of fused-ring (bicyclic) bond motifs is 1. The summed E-state index contributed by atoms with van der Waals surface area (Å²) in [4.78, 5) is 27.9. The molecule has 122 valence electrons. The summed E-state index contributed by atoms with van der Waals surface area (Å²) in [5, 5.41) is 9.51. The second kappa shape index (κ2) is 5.91. The van der Waals surface area contributed by atoms with Gasteiger partial charge in [-0.25, -0.2) is 4.39 Å². The number of aromatic nitrogens is 1. The van der Waals surface area contributed by atoms with Crippen molar-refractivity contribution < 1.29 is 23.8 Å². The minimum absolute atomic E-state index is 0.230. The summed E-state index contributed by atoms with van der Waals surface area (Å²) in [6, 6.07) is 4.37. The van der Waals surface area contributed by atoms with E-state index in [1.807, 2.05) is 0 Å². The lowest BCUT2D eigenvalue weighted by molar-refractivity contribution is -0.143. The number of carbonyl (C=O) groups excluding carboxylic acids is 1. The maximum Gasteiger partial charge on any atom is 0.306 e. The van der Waals surface area contributed by atoms with Crippen molar-refractivity contribution >= 4 is 22.8 Å². The molecule has 2 aromatic rings. The van der Waals surface area contributed by atoms with Crippen molar-refractivity contribution in [3.63, 3.8) is 0 Å². The molecule has 1 aliphatic heterocycles. The second-order valence-corrected chi connectivity index (χ2v) is 5.63. The molecular weight excluding hydrogens is 303 g/mol. The van der Waals surface area contributed by atoms with Crippen LogP contribution < -0.4 is 4.74 Å². The lowest BCUT2D eigenvalue weighted by atomic mass is 9.97. The summed E-state index contributed by atoms with van der Waals surface area (Å²) in [5.41, 5.74) is 0.505. The van der Waals surface area contributed by atoms with E-state index in [-0.39, 0.29) is 17.1 Å². The van der Waals surface area contributed by atoms with Crippen molar-refractivity contribution in [2.24, 2.45) is 5.92 Å². The number of benzene rings is 1. The zero-order chi connectivity index (χ0) is 16.6. The molecule has 6 nitrogen and oxygen atoms in total. The monoisotopic (exact) mass is 320 g/mol. The smallest absolute Gasteiger partial charge is 0.306 e. The maximum absolute atomic E-state index is 13.9. The molecule has 1 saturated heterocycles. The van der Waals surface area contributed by atoms with Gasteiger partial charge in [-0.3, -0.25) is 9.59 Å². The molecule has 1 aliphatic rings. The number of carbonyl (C=O) groups is 2. The van der Waals surface area contributed by atoms with Gasteiger partial charge in [0.15, 0.2) is 0 Å². The standard InChI is InChI=1S/C16H17FN2O4/c1-23-13-3-2-11(17)14-10(13)8-12(18-14)15(20)19-6-4-9(5-7-19)16(21)22/h2-3,8-9,18H,4-7H2,1H3,(H,21,22). The summed E-state index contributed by atoms with van der Waals surface area (Å²) >= 11 is 0. The van der Waals surface area contributed by atoms with Crippen LogP contribution in [0, 0.1) is 11.7 Å². The van der Waals surface area contributed by atoms with E-state index in [2.05, 4.69) is 4.98 Å². The Morgan fingerprint density at radius 2 is 2.04 bits per heavy atom. The molecule has 1 aromatic carbocycles. The predicted molar refractivity (Wildman–Crippen MR) is 81.1 cm³/mol. The highest BCUT2D eigenvalue weighted by Crippen LogP contribution is 2.29. The first-order chi connectivity index (χ1) is 11.0. The van der Waals surface area contributed by atoms with E-state index in [0.717, 1.165) is 0 Å². The quantitative estimate of drug-likeness (QED) is 0.909. The van der Waals surface area contributed by atoms with Crippen LogP contribution in [-0.4, -0.2) is 47.1 Å². The Morgan fingerprint density at radius 1 is 1.35 bits per heavy atom. The number of aromatic amines is 1. The van der Waals surface area contributed by atoms with E-state index in [1.165, 1.54) is 19.2 Å². The largest absolute Gasteiger partial charge is 0.496 e. The van der Waals surface area contributed by atoms with Gasteiger partial charge >= 0.3 is 5.97 Å². The third-order valence-corrected chi connectivity index (χ3v) is 4.28. The highest BCUT2D eigenvalue weighted by atomic mass is 19.1. The molecule has 0 atom stereocenters. The van der Waals surface area contributed by atoms with Gasteiger partial charge in [0.1, 0.15) is 17.3 Å². The third kappa shape index (κ3) is 2.74. The van der Waals surface area contributed by atoms with Crippen LogP contribution in [0.3, 0.4) is 0 Å². The molecule has 0 spiro atoms. The second-order valence-electron chi connectivity index (χ2n) is 5.63. The number of amides is 1. The highest BCUT2D eigenvalue weighted by Gasteiger charge is 2.28. The summed E-state index contributed by atoms with van der Waals surface area (Å²) in [7, 11) is 1.48. The molecule has 1 fully saturated rings. The number of hydrogen-bond acceptors (Lipinski definition) is 3. The first-order valence-corrected chi connectivity index (χ1v) is 7.38. The van der Waals surface area contributed by atoms with Crippen molar-refractivity contribution in [1.82, 2.24) is 9.88 Å². The van der Waals surface area contributed by atoms with Crippen molar-refractivity contribution in [3.8, 4) is 5.75 Å². The Bertz CT molecular complexity index is 763. The molecule has 0 saturated carbocycles. The van der Waals surface area contributed by atoms with Crippen LogP contribution in [-0.2, 0) is 4.79 Å². The third-order valence-electron chi connectivity index (χ3n) is 4.28. The van der Waals surface area contributed by atoms with Gasteiger partial charge in [-0.05, 0) is 31.0 Å². The van der Waals surface area contributed by atoms with Crippen LogP contribution >= 0.6 is 0 Å². The highest BCUT2D eigenvalue weighted by molar-refractivity contribution is 6.00. The van der Waals surface area contributed by atoms with Gasteiger partial charge in [0.2, 0.25) is 0 Å². The fourth-order valence-corrected chi connectivity index (χ4v) is 2.95. The SMILES string of the molecule is COc1ccc(F)c2[nH]c(C(=O)N3CCC(C(=O)O)CC3)cc12. The zero-order valence-electron chi connectivity index (χ0n) is 12.6. The van der Waals surface area contributed by atoms with Gasteiger partial charge in [-0.15, -0.1) is 0 Å². The van der Waals surface area contributed by atoms with Crippen LogP contribution in [0.4, 0.5) is 4.39 Å². The van der Waals surface area contributed by atoms with Gasteiger partial charge < -0.3 is 19.7 Å². The Labute approximate surface area is 131 Å². The molecule has 3 rings (SSSR count). The Balaban J connectivity index is 1.85. The van der Waals surface area contributed by atoms with Crippen LogP contribution in [0.5, 0.6) is 5.75 Å². The summed E-state index contributed by atoms with van der Waals surface area (Å²) in [6.45, 7) is 0.759. The van der Waals surface area contributed by atoms with E-state index >= 15 is 0 Å². The molecule has 0 aliphatic carbocycles. The lowest BCUT2D eigenvalue weighted by Crippen LogP contribution is -2.40. The van der Waals surface area contributed by atoms with Crippen LogP contribution in [0.15, 0.2) is 18.2 Å². The first-order valence-electron chi connectivity index (χ1n) is 7.38. The molecule has 0 radical (unpaired) electrons. The summed E-state index contributed by atoms with van der Waals surface area (Å²) < 4.78 is 19.1. The van der Waals surface area contributed by atoms with E-state index in [9.17, 15) is 14.0 Å². The number of hydrogen-bond donors (Lipinski definition) is 2. The minimum Gasteiger partial charge on any atom is -0.496 e. The molecule has 0 bridgehead atoms. The van der Waals surface area contributed by atoms with E-state index in [1.54, 1.807) is 11.0 Å². The molecule has 1 amide bonds. The summed E-state index contributed by atoms with van der Waals surface area (Å²) in [6.07, 6.45) is 0.859. The van der Waals surface area contributed by atoms with Gasteiger partial charge in [-0.2, -0.15) is 0 Å². The predicted octanol–water partition coefficient (Wildman–Crippen LogP) is 2.25. The van der Waals surface area contributed by atoms with Gasteiger partial charge in [0.05, 0.1) is 18.5 Å². The van der Waals surface area contributed by atoms with E-state index < -0.39 is 17.7 Å². The number of carboxylic acids is 1. The number of likely N-dealkylation sites (tertiary alicyclic amines) is 1. The van der Waals surface area contributed by atoms with Crippen LogP contribution in [0.2, 0.25) is 0 Å². The van der Waals surface area contributed by atoms with Crippen molar-refractivity contribution in [1.29, 1.82) is 0 Å². The molecule has 23 heavy (non-hydrogen) atoms. The number of rotatable bonds is 3. The fraction of sp³-hybridized carbons (Fsp3) is 0.375. The van der Waals surface area contributed by atoms with Gasteiger partial charge in [-0.1, -0.05) is 0 Å². The number of nitrogens with one attached hydrogen (secondary N) is 1. The molecule has 0 unspecified atom stereocenters. The van der Waals surface area contributed by atoms with Crippen molar-refractivity contribution in [2.45, 2.75) is 12.8 Å². The van der Waals surface area contributed by atoms with E-state index in [0.29, 0.717) is 37.1 Å². The number of carboxylic acid groups (broad SMARTS) is 1. The minimum atomic E-state index is -0.825. The number of aliphatic carboxylic acids is 1. The molecule has 2 heterocycles. The maximum atomic E-state index is 13.9. The average molecular weight is 320 g/mol. The fourth-order valence-electron chi connectivity index (χ4n) is 2.95. The number of nitrogens with zero attached hydrogens (tertiary/aromatic N) is 1. The Morgan fingerprint density at radius 3 is 2.65 bits per heavy atom. The number of ether oxygens (including phenoxy) is 1. The zero-order valence-corrected chi connectivity index (χ0v) is 12.6. The number of H-pyrrole nitrogens is 1. The Kier molecular flexibility index (Phi) is 3.94. The van der Waals surface area contributed by atoms with Crippen LogP contribution in [0.25, 0.3) is 10.9 Å². The number of piperidine rings is 1. The molecule has 2 N–H and O–H groups in total. The Hall–Kier alpha value is -2.57. The van der Waals surface area contributed by atoms with E-state index in [4.69, 9.17) is 9.84 Å². The molecule has 7 heteroatoms. The normalized spacial score (nSPS) is 15.8. The molecular formula is C16H17FN2O4. The number of halogens is 1. The number of methoxy groups -OCH3 is 1. The van der Waals surface area contributed by atoms with Crippen molar-refractivity contribution in [3.05, 3.63) is 29.7 Å². The van der Waals surface area contributed by atoms with Crippen molar-refractivity contribution in [2.75, 3.05) is 20.2 Å². The van der Waals surface area contributed by atoms with Crippen LogP contribution in [0.1, 0.15) is 23.3 Å².